The van der Waals surface area contributed by atoms with Crippen molar-refractivity contribution in [2.45, 2.75) is 26.8 Å². The largest absolute Gasteiger partial charge is 0.490 e. The van der Waals surface area contributed by atoms with Crippen LogP contribution in [0.4, 0.5) is 0 Å². The highest BCUT2D eigenvalue weighted by molar-refractivity contribution is 5.99. The molecule has 0 N–H and O–H groups in total. The predicted octanol–water partition coefficient (Wildman–Crippen LogP) is 4.56. The third-order valence-electron chi connectivity index (χ3n) is 5.89. The molecule has 1 unspecified atom stereocenters. The monoisotopic (exact) mass is 463 g/mol. The summed E-state index contributed by atoms with van der Waals surface area (Å²) in [6.07, 6.45) is 1.66. The standard InChI is InChI=1S/C27H29NO6/c1-6-11-33-19-9-8-18(15-20(19)32-7-2)24-23-25(29)22-17(4)13-16(3)14-21(22)34-26(23)27(30)28(24)10-12-31-5/h6,8-9,13-15,24H,1,7,10-12H2,2-5H3. The third kappa shape index (κ3) is 4.07. The lowest BCUT2D eigenvalue weighted by molar-refractivity contribution is 0.0663. The number of benzene rings is 2. The Bertz CT molecular complexity index is 1310. The Labute approximate surface area is 198 Å². The quantitative estimate of drug-likeness (QED) is 0.433. The first-order valence-corrected chi connectivity index (χ1v) is 11.3. The highest BCUT2D eigenvalue weighted by Crippen LogP contribution is 2.41. The summed E-state index contributed by atoms with van der Waals surface area (Å²) in [5.41, 5.74) is 3.07. The highest BCUT2D eigenvalue weighted by atomic mass is 16.5. The van der Waals surface area contributed by atoms with E-state index in [1.165, 1.54) is 0 Å². The van der Waals surface area contributed by atoms with Gasteiger partial charge in [0, 0.05) is 13.7 Å². The zero-order valence-corrected chi connectivity index (χ0v) is 20.0. The van der Waals surface area contributed by atoms with Crippen LogP contribution in [0.3, 0.4) is 0 Å². The van der Waals surface area contributed by atoms with Gasteiger partial charge in [0.2, 0.25) is 5.76 Å². The van der Waals surface area contributed by atoms with Gasteiger partial charge in [0.25, 0.3) is 5.91 Å². The van der Waals surface area contributed by atoms with Gasteiger partial charge in [0.1, 0.15) is 12.2 Å². The topological polar surface area (TPSA) is 78.2 Å². The molecule has 0 aliphatic carbocycles. The van der Waals surface area contributed by atoms with Crippen LogP contribution >= 0.6 is 0 Å². The van der Waals surface area contributed by atoms with Crippen LogP contribution in [-0.2, 0) is 4.74 Å². The molecular formula is C27H29NO6. The van der Waals surface area contributed by atoms with E-state index in [1.807, 2.05) is 39.0 Å². The number of ether oxygens (including phenoxy) is 3. The first-order chi connectivity index (χ1) is 16.4. The Morgan fingerprint density at radius 1 is 1.12 bits per heavy atom. The fourth-order valence-electron chi connectivity index (χ4n) is 4.51. The van der Waals surface area contributed by atoms with Crippen LogP contribution in [0.15, 0.2) is 52.2 Å². The van der Waals surface area contributed by atoms with Crippen LogP contribution < -0.4 is 14.9 Å². The first-order valence-electron chi connectivity index (χ1n) is 11.3. The van der Waals surface area contributed by atoms with E-state index in [0.717, 1.165) is 16.7 Å². The number of carbonyl (C=O) groups is 1. The molecule has 0 saturated carbocycles. The number of amides is 1. The molecule has 4 rings (SSSR count). The fourth-order valence-corrected chi connectivity index (χ4v) is 4.51. The number of carbonyl (C=O) groups excluding carboxylic acids is 1. The summed E-state index contributed by atoms with van der Waals surface area (Å²) in [5.74, 6) is 0.843. The molecule has 7 heteroatoms. The van der Waals surface area contributed by atoms with E-state index in [0.29, 0.717) is 54.4 Å². The van der Waals surface area contributed by atoms with Gasteiger partial charge >= 0.3 is 0 Å². The Hall–Kier alpha value is -3.58. The maximum atomic E-state index is 13.8. The maximum absolute atomic E-state index is 13.8. The normalized spacial score (nSPS) is 15.0. The minimum absolute atomic E-state index is 0.0774. The van der Waals surface area contributed by atoms with E-state index >= 15 is 0 Å². The number of aryl methyl sites for hydroxylation is 2. The Kier molecular flexibility index (Phi) is 6.75. The molecule has 0 bridgehead atoms. The van der Waals surface area contributed by atoms with Crippen molar-refractivity contribution < 1.29 is 23.4 Å². The zero-order valence-electron chi connectivity index (χ0n) is 20.0. The van der Waals surface area contributed by atoms with Gasteiger partial charge in [-0.3, -0.25) is 9.59 Å². The average Bonchev–Trinajstić information content (AvgIpc) is 3.08. The molecule has 0 spiro atoms. The lowest BCUT2D eigenvalue weighted by Gasteiger charge is -2.25. The van der Waals surface area contributed by atoms with Crippen molar-refractivity contribution in [1.82, 2.24) is 4.90 Å². The number of hydrogen-bond acceptors (Lipinski definition) is 6. The summed E-state index contributed by atoms with van der Waals surface area (Å²) in [6.45, 7) is 10.8. The van der Waals surface area contributed by atoms with Gasteiger partial charge in [-0.1, -0.05) is 24.8 Å². The van der Waals surface area contributed by atoms with Crippen LogP contribution in [-0.4, -0.2) is 44.3 Å². The number of hydrogen-bond donors (Lipinski definition) is 0. The van der Waals surface area contributed by atoms with Crippen LogP contribution in [0.1, 0.15) is 45.8 Å². The van der Waals surface area contributed by atoms with Crippen molar-refractivity contribution in [3.63, 3.8) is 0 Å². The average molecular weight is 464 g/mol. The maximum Gasteiger partial charge on any atom is 0.290 e. The van der Waals surface area contributed by atoms with Gasteiger partial charge in [-0.2, -0.15) is 0 Å². The van der Waals surface area contributed by atoms with E-state index in [1.54, 1.807) is 30.2 Å². The number of rotatable bonds is 9. The number of methoxy groups -OCH3 is 1. The van der Waals surface area contributed by atoms with Gasteiger partial charge in [-0.15, -0.1) is 0 Å². The molecule has 1 amide bonds. The van der Waals surface area contributed by atoms with Crippen LogP contribution in [0.5, 0.6) is 11.5 Å². The molecular weight excluding hydrogens is 434 g/mol. The van der Waals surface area contributed by atoms with Crippen molar-refractivity contribution in [2.75, 3.05) is 33.5 Å². The van der Waals surface area contributed by atoms with E-state index in [2.05, 4.69) is 6.58 Å². The van der Waals surface area contributed by atoms with Crippen LogP contribution in [0.2, 0.25) is 0 Å². The number of nitrogens with zero attached hydrogens (tertiary/aromatic N) is 1. The van der Waals surface area contributed by atoms with Gasteiger partial charge < -0.3 is 23.5 Å². The minimum atomic E-state index is -0.633. The second-order valence-electron chi connectivity index (χ2n) is 8.26. The molecule has 2 heterocycles. The molecule has 1 aliphatic rings. The molecule has 3 aromatic rings. The summed E-state index contributed by atoms with van der Waals surface area (Å²) >= 11 is 0. The molecule has 0 fully saturated rings. The van der Waals surface area contributed by atoms with Crippen molar-refractivity contribution in [3.05, 3.63) is 81.2 Å². The van der Waals surface area contributed by atoms with E-state index in [-0.39, 0.29) is 17.1 Å². The Morgan fingerprint density at radius 2 is 1.91 bits per heavy atom. The second kappa shape index (κ2) is 9.73. The lowest BCUT2D eigenvalue weighted by Crippen LogP contribution is -2.32. The third-order valence-corrected chi connectivity index (χ3v) is 5.89. The molecule has 1 aliphatic heterocycles. The summed E-state index contributed by atoms with van der Waals surface area (Å²) < 4.78 is 22.9. The van der Waals surface area contributed by atoms with Gasteiger partial charge in [0.05, 0.1) is 30.2 Å². The van der Waals surface area contributed by atoms with Gasteiger partial charge in [0.15, 0.2) is 16.9 Å². The van der Waals surface area contributed by atoms with E-state index < -0.39 is 6.04 Å². The van der Waals surface area contributed by atoms with Gasteiger partial charge in [-0.25, -0.2) is 0 Å². The fraction of sp³-hybridized carbons (Fsp3) is 0.333. The molecule has 0 radical (unpaired) electrons. The Balaban J connectivity index is 1.93. The second-order valence-corrected chi connectivity index (χ2v) is 8.26. The molecule has 34 heavy (non-hydrogen) atoms. The number of fused-ring (bicyclic) bond motifs is 2. The van der Waals surface area contributed by atoms with Crippen molar-refractivity contribution in [3.8, 4) is 11.5 Å². The smallest absolute Gasteiger partial charge is 0.290 e. The van der Waals surface area contributed by atoms with Crippen molar-refractivity contribution in [1.29, 1.82) is 0 Å². The molecule has 178 valence electrons. The van der Waals surface area contributed by atoms with Crippen LogP contribution in [0, 0.1) is 13.8 Å². The van der Waals surface area contributed by atoms with Gasteiger partial charge in [-0.05, 0) is 55.7 Å². The molecule has 2 aromatic carbocycles. The minimum Gasteiger partial charge on any atom is -0.490 e. The summed E-state index contributed by atoms with van der Waals surface area (Å²) in [4.78, 5) is 28.8. The zero-order chi connectivity index (χ0) is 24.4. The van der Waals surface area contributed by atoms with Crippen molar-refractivity contribution >= 4 is 16.9 Å². The summed E-state index contributed by atoms with van der Waals surface area (Å²) in [7, 11) is 1.57. The highest BCUT2D eigenvalue weighted by Gasteiger charge is 2.43. The Morgan fingerprint density at radius 3 is 2.62 bits per heavy atom. The molecule has 1 atom stereocenters. The first kappa shape index (κ1) is 23.6. The summed E-state index contributed by atoms with van der Waals surface area (Å²) in [6, 6.07) is 8.56. The summed E-state index contributed by atoms with van der Waals surface area (Å²) in [5, 5.41) is 0.492. The lowest BCUT2D eigenvalue weighted by atomic mass is 9.96. The van der Waals surface area contributed by atoms with E-state index in [9.17, 15) is 9.59 Å². The van der Waals surface area contributed by atoms with Crippen molar-refractivity contribution in [2.24, 2.45) is 0 Å². The molecule has 7 nitrogen and oxygen atoms in total. The SMILES string of the molecule is C=CCOc1ccc(C2c3c(oc4cc(C)cc(C)c4c3=O)C(=O)N2CCOC)cc1OCC. The van der Waals surface area contributed by atoms with Crippen LogP contribution in [0.25, 0.3) is 11.0 Å². The molecule has 0 saturated heterocycles. The molecule has 1 aromatic heterocycles. The predicted molar refractivity (Wildman–Crippen MR) is 130 cm³/mol. The van der Waals surface area contributed by atoms with E-state index in [4.69, 9.17) is 18.6 Å².